The molecule has 0 aliphatic heterocycles. The molecule has 4 nitrogen and oxygen atoms in total. The van der Waals surface area contributed by atoms with E-state index < -0.39 is 11.5 Å². The van der Waals surface area contributed by atoms with Crippen LogP contribution in [0.25, 0.3) is 10.9 Å². The van der Waals surface area contributed by atoms with Gasteiger partial charge in [-0.1, -0.05) is 50.8 Å². The van der Waals surface area contributed by atoms with Crippen LogP contribution in [-0.2, 0) is 10.3 Å². The molecule has 1 heterocycles. The van der Waals surface area contributed by atoms with Gasteiger partial charge in [0.15, 0.2) is 0 Å². The number of carboxylic acids is 1. The number of carbonyl (C=O) groups is 1. The lowest BCUT2D eigenvalue weighted by atomic mass is 9.82. The summed E-state index contributed by atoms with van der Waals surface area (Å²) in [4.78, 5) is 14.4. The second kappa shape index (κ2) is 6.76. The molecule has 2 rings (SSSR count). The first-order valence-electron chi connectivity index (χ1n) is 7.64. The van der Waals surface area contributed by atoms with Crippen LogP contribution in [0.15, 0.2) is 30.5 Å². The molecule has 0 aliphatic carbocycles. The summed E-state index contributed by atoms with van der Waals surface area (Å²) in [5.41, 5.74) is 7.62. The summed E-state index contributed by atoms with van der Waals surface area (Å²) in [7, 11) is 0. The van der Waals surface area contributed by atoms with Gasteiger partial charge in [-0.3, -0.25) is 4.79 Å². The topological polar surface area (TPSA) is 79.1 Å². The van der Waals surface area contributed by atoms with E-state index in [0.29, 0.717) is 6.42 Å². The largest absolute Gasteiger partial charge is 0.481 e. The van der Waals surface area contributed by atoms with Gasteiger partial charge in [-0.25, -0.2) is 0 Å². The molecular formula is C17H24N2O2. The third-order valence-electron chi connectivity index (χ3n) is 4.07. The van der Waals surface area contributed by atoms with Gasteiger partial charge in [0.1, 0.15) is 0 Å². The first kappa shape index (κ1) is 15.6. The molecule has 0 radical (unpaired) electrons. The fourth-order valence-corrected chi connectivity index (χ4v) is 2.94. The van der Waals surface area contributed by atoms with Gasteiger partial charge in [0, 0.05) is 17.1 Å². The number of carboxylic acid groups (broad SMARTS) is 1. The zero-order valence-corrected chi connectivity index (χ0v) is 12.6. The van der Waals surface area contributed by atoms with Crippen molar-refractivity contribution in [2.75, 3.05) is 0 Å². The van der Waals surface area contributed by atoms with E-state index in [4.69, 9.17) is 5.73 Å². The molecule has 1 unspecified atom stereocenters. The standard InChI is InChI=1S/C17H24N2O2/c1-2-3-4-7-10-17(18,11-16(20)21)14-12-19-15-9-6-5-8-13(14)15/h5-6,8-9,12,19H,2-4,7,10-11,18H2,1H3,(H,20,21). The summed E-state index contributed by atoms with van der Waals surface area (Å²) in [6.07, 6.45) is 6.89. The van der Waals surface area contributed by atoms with Crippen LogP contribution in [0.4, 0.5) is 0 Å². The highest BCUT2D eigenvalue weighted by atomic mass is 16.4. The number of aromatic amines is 1. The highest BCUT2D eigenvalue weighted by molar-refractivity contribution is 5.85. The summed E-state index contributed by atoms with van der Waals surface area (Å²) < 4.78 is 0. The quantitative estimate of drug-likeness (QED) is 0.647. The predicted molar refractivity (Wildman–Crippen MR) is 85.2 cm³/mol. The van der Waals surface area contributed by atoms with Crippen LogP contribution in [0, 0.1) is 0 Å². The van der Waals surface area contributed by atoms with Crippen LogP contribution in [0.5, 0.6) is 0 Å². The van der Waals surface area contributed by atoms with Crippen LogP contribution in [-0.4, -0.2) is 16.1 Å². The van der Waals surface area contributed by atoms with E-state index in [1.54, 1.807) is 0 Å². The molecule has 0 bridgehead atoms. The maximum atomic E-state index is 11.2. The first-order valence-corrected chi connectivity index (χ1v) is 7.64. The number of rotatable bonds is 8. The monoisotopic (exact) mass is 288 g/mol. The summed E-state index contributed by atoms with van der Waals surface area (Å²) in [5, 5.41) is 10.3. The number of benzene rings is 1. The van der Waals surface area contributed by atoms with Crippen LogP contribution >= 0.6 is 0 Å². The maximum absolute atomic E-state index is 11.2. The van der Waals surface area contributed by atoms with Crippen molar-refractivity contribution in [1.29, 1.82) is 0 Å². The van der Waals surface area contributed by atoms with Crippen LogP contribution in [0.1, 0.15) is 51.0 Å². The number of fused-ring (bicyclic) bond motifs is 1. The van der Waals surface area contributed by atoms with Gasteiger partial charge in [-0.15, -0.1) is 0 Å². The van der Waals surface area contributed by atoms with E-state index in [2.05, 4.69) is 11.9 Å². The number of aliphatic carboxylic acids is 1. The van der Waals surface area contributed by atoms with E-state index in [1.807, 2.05) is 30.5 Å². The summed E-state index contributed by atoms with van der Waals surface area (Å²) >= 11 is 0. The highest BCUT2D eigenvalue weighted by Crippen LogP contribution is 2.33. The number of H-pyrrole nitrogens is 1. The van der Waals surface area contributed by atoms with Crippen molar-refractivity contribution >= 4 is 16.9 Å². The predicted octanol–water partition coefficient (Wildman–Crippen LogP) is 3.77. The van der Waals surface area contributed by atoms with E-state index in [1.165, 1.54) is 0 Å². The molecule has 0 spiro atoms. The molecule has 4 N–H and O–H groups in total. The molecule has 0 aliphatic rings. The molecule has 0 saturated heterocycles. The lowest BCUT2D eigenvalue weighted by Gasteiger charge is -2.28. The van der Waals surface area contributed by atoms with Gasteiger partial charge >= 0.3 is 5.97 Å². The number of para-hydroxylation sites is 1. The minimum absolute atomic E-state index is 0.0407. The fourth-order valence-electron chi connectivity index (χ4n) is 2.94. The van der Waals surface area contributed by atoms with Gasteiger partial charge in [0.25, 0.3) is 0 Å². The molecule has 114 valence electrons. The number of hydrogen-bond acceptors (Lipinski definition) is 2. The van der Waals surface area contributed by atoms with Gasteiger partial charge in [0.2, 0.25) is 0 Å². The smallest absolute Gasteiger partial charge is 0.305 e. The number of aromatic nitrogens is 1. The normalized spacial score (nSPS) is 14.2. The van der Waals surface area contributed by atoms with Crippen LogP contribution < -0.4 is 5.73 Å². The summed E-state index contributed by atoms with van der Waals surface area (Å²) in [6, 6.07) is 7.89. The van der Waals surface area contributed by atoms with Crippen molar-refractivity contribution in [3.8, 4) is 0 Å². The van der Waals surface area contributed by atoms with Crippen molar-refractivity contribution in [1.82, 2.24) is 4.98 Å². The van der Waals surface area contributed by atoms with Crippen molar-refractivity contribution in [3.05, 3.63) is 36.0 Å². The fraction of sp³-hybridized carbons (Fsp3) is 0.471. The minimum Gasteiger partial charge on any atom is -0.481 e. The summed E-state index contributed by atoms with van der Waals surface area (Å²) in [5.74, 6) is -0.849. The Kier molecular flexibility index (Phi) is 5.02. The molecule has 1 aromatic carbocycles. The van der Waals surface area contributed by atoms with Crippen molar-refractivity contribution in [2.24, 2.45) is 5.73 Å². The van der Waals surface area contributed by atoms with Gasteiger partial charge in [-0.2, -0.15) is 0 Å². The van der Waals surface area contributed by atoms with Gasteiger partial charge < -0.3 is 15.8 Å². The Labute approximate surface area is 125 Å². The highest BCUT2D eigenvalue weighted by Gasteiger charge is 2.32. The summed E-state index contributed by atoms with van der Waals surface area (Å²) in [6.45, 7) is 2.16. The Morgan fingerprint density at radius 1 is 1.29 bits per heavy atom. The maximum Gasteiger partial charge on any atom is 0.305 e. The number of unbranched alkanes of at least 4 members (excludes halogenated alkanes) is 3. The third-order valence-corrected chi connectivity index (χ3v) is 4.07. The molecule has 4 heteroatoms. The van der Waals surface area contributed by atoms with E-state index >= 15 is 0 Å². The molecular weight excluding hydrogens is 264 g/mol. The lowest BCUT2D eigenvalue weighted by molar-refractivity contribution is -0.138. The Morgan fingerprint density at radius 2 is 2.05 bits per heavy atom. The van der Waals surface area contributed by atoms with Gasteiger partial charge in [-0.05, 0) is 18.1 Å². The number of hydrogen-bond donors (Lipinski definition) is 3. The molecule has 0 fully saturated rings. The first-order chi connectivity index (χ1) is 10.1. The Balaban J connectivity index is 2.28. The average molecular weight is 288 g/mol. The van der Waals surface area contributed by atoms with Crippen molar-refractivity contribution < 1.29 is 9.90 Å². The molecule has 21 heavy (non-hydrogen) atoms. The van der Waals surface area contributed by atoms with Crippen LogP contribution in [0.2, 0.25) is 0 Å². The minimum atomic E-state index is -0.849. The molecule has 1 atom stereocenters. The SMILES string of the molecule is CCCCCCC(N)(CC(=O)O)c1c[nH]c2ccccc12. The third kappa shape index (κ3) is 3.64. The van der Waals surface area contributed by atoms with E-state index in [0.717, 1.165) is 42.1 Å². The Morgan fingerprint density at radius 3 is 2.76 bits per heavy atom. The number of nitrogens with one attached hydrogen (secondary N) is 1. The number of nitrogens with two attached hydrogens (primary N) is 1. The van der Waals surface area contributed by atoms with Gasteiger partial charge in [0.05, 0.1) is 12.0 Å². The van der Waals surface area contributed by atoms with E-state index in [-0.39, 0.29) is 6.42 Å². The molecule has 2 aromatic rings. The molecule has 1 aromatic heterocycles. The lowest BCUT2D eigenvalue weighted by Crippen LogP contribution is -2.38. The zero-order valence-electron chi connectivity index (χ0n) is 12.6. The van der Waals surface area contributed by atoms with Crippen LogP contribution in [0.3, 0.4) is 0 Å². The van der Waals surface area contributed by atoms with Crippen molar-refractivity contribution in [3.63, 3.8) is 0 Å². The Hall–Kier alpha value is -1.81. The average Bonchev–Trinajstić information content (AvgIpc) is 2.87. The Bertz CT molecular complexity index is 606. The van der Waals surface area contributed by atoms with Crippen molar-refractivity contribution in [2.45, 2.75) is 51.0 Å². The molecule has 0 amide bonds. The molecule has 0 saturated carbocycles. The van der Waals surface area contributed by atoms with E-state index in [9.17, 15) is 9.90 Å². The second-order valence-electron chi connectivity index (χ2n) is 5.79. The second-order valence-corrected chi connectivity index (χ2v) is 5.79. The zero-order chi connectivity index (χ0) is 15.3.